The van der Waals surface area contributed by atoms with Gasteiger partial charge in [-0.1, -0.05) is 26.2 Å². The van der Waals surface area contributed by atoms with Gasteiger partial charge in [-0.3, -0.25) is 9.78 Å². The molecular weight excluding hydrogens is 262 g/mol. The van der Waals surface area contributed by atoms with Crippen molar-refractivity contribution < 1.29 is 4.79 Å². The molecule has 1 amide bonds. The summed E-state index contributed by atoms with van der Waals surface area (Å²) >= 11 is 0. The third-order valence-electron chi connectivity index (χ3n) is 4.35. The molecule has 2 atom stereocenters. The maximum Gasteiger partial charge on any atom is 0.255 e. The number of rotatable bonds is 5. The molecule has 4 nitrogen and oxygen atoms in total. The lowest BCUT2D eigenvalue weighted by molar-refractivity contribution is 0.0919. The molecule has 0 saturated heterocycles. The SMILES string of the molecule is CCNc1cc(C)ncc1C(=O)NC1CCCC(CC)C1. The molecule has 0 bridgehead atoms. The average Bonchev–Trinajstić information content (AvgIpc) is 2.48. The maximum atomic E-state index is 12.5. The highest BCUT2D eigenvalue weighted by Gasteiger charge is 2.23. The van der Waals surface area contributed by atoms with Gasteiger partial charge in [0.15, 0.2) is 0 Å². The number of aromatic nitrogens is 1. The van der Waals surface area contributed by atoms with E-state index in [0.29, 0.717) is 11.6 Å². The molecule has 1 aliphatic rings. The van der Waals surface area contributed by atoms with Gasteiger partial charge < -0.3 is 10.6 Å². The smallest absolute Gasteiger partial charge is 0.255 e. The summed E-state index contributed by atoms with van der Waals surface area (Å²) in [6.45, 7) is 7.01. The predicted molar refractivity (Wildman–Crippen MR) is 86.6 cm³/mol. The molecule has 0 aliphatic heterocycles. The predicted octanol–water partition coefficient (Wildman–Crippen LogP) is 3.52. The molecule has 4 heteroatoms. The Kier molecular flexibility index (Phi) is 5.59. The number of nitrogens with one attached hydrogen (secondary N) is 2. The molecule has 2 unspecified atom stereocenters. The lowest BCUT2D eigenvalue weighted by Crippen LogP contribution is -2.38. The van der Waals surface area contributed by atoms with Crippen LogP contribution in [0.2, 0.25) is 0 Å². The van der Waals surface area contributed by atoms with E-state index in [1.54, 1.807) is 6.20 Å². The first-order valence-electron chi connectivity index (χ1n) is 8.15. The third kappa shape index (κ3) is 4.19. The molecule has 2 N–H and O–H groups in total. The molecular formula is C17H27N3O. The lowest BCUT2D eigenvalue weighted by atomic mass is 9.84. The van der Waals surface area contributed by atoms with E-state index < -0.39 is 0 Å². The van der Waals surface area contributed by atoms with E-state index in [2.05, 4.69) is 22.5 Å². The van der Waals surface area contributed by atoms with Gasteiger partial charge >= 0.3 is 0 Å². The number of hydrogen-bond acceptors (Lipinski definition) is 3. The molecule has 1 saturated carbocycles. The number of carbonyl (C=O) groups is 1. The van der Waals surface area contributed by atoms with Crippen LogP contribution in [0.4, 0.5) is 5.69 Å². The van der Waals surface area contributed by atoms with Crippen molar-refractivity contribution >= 4 is 11.6 Å². The Bertz CT molecular complexity index is 487. The number of hydrogen-bond donors (Lipinski definition) is 2. The van der Waals surface area contributed by atoms with Gasteiger partial charge in [0.2, 0.25) is 0 Å². The molecule has 1 aliphatic carbocycles. The number of amides is 1. The quantitative estimate of drug-likeness (QED) is 0.872. The molecule has 1 aromatic rings. The number of carbonyl (C=O) groups excluding carboxylic acids is 1. The zero-order chi connectivity index (χ0) is 15.2. The molecule has 0 radical (unpaired) electrons. The van der Waals surface area contributed by atoms with Gasteiger partial charge in [-0.05, 0) is 38.7 Å². The summed E-state index contributed by atoms with van der Waals surface area (Å²) in [4.78, 5) is 16.8. The first kappa shape index (κ1) is 15.8. The lowest BCUT2D eigenvalue weighted by Gasteiger charge is -2.29. The molecule has 0 spiro atoms. The van der Waals surface area contributed by atoms with Crippen LogP contribution in [-0.4, -0.2) is 23.5 Å². The summed E-state index contributed by atoms with van der Waals surface area (Å²) in [5.41, 5.74) is 2.46. The summed E-state index contributed by atoms with van der Waals surface area (Å²) in [5.74, 6) is 0.758. The fourth-order valence-electron chi connectivity index (χ4n) is 3.13. The molecule has 1 fully saturated rings. The van der Waals surface area contributed by atoms with Crippen molar-refractivity contribution in [1.29, 1.82) is 0 Å². The number of aryl methyl sites for hydroxylation is 1. The van der Waals surface area contributed by atoms with Gasteiger partial charge in [0.05, 0.1) is 11.3 Å². The monoisotopic (exact) mass is 289 g/mol. The Morgan fingerprint density at radius 1 is 1.38 bits per heavy atom. The highest BCUT2D eigenvalue weighted by atomic mass is 16.1. The summed E-state index contributed by atoms with van der Waals surface area (Å²) in [5, 5.41) is 6.45. The Balaban J connectivity index is 2.06. The molecule has 0 aromatic carbocycles. The van der Waals surface area contributed by atoms with Crippen LogP contribution >= 0.6 is 0 Å². The van der Waals surface area contributed by atoms with E-state index in [0.717, 1.165) is 36.7 Å². The van der Waals surface area contributed by atoms with Gasteiger partial charge in [0.25, 0.3) is 5.91 Å². The van der Waals surface area contributed by atoms with E-state index in [-0.39, 0.29) is 5.91 Å². The Morgan fingerprint density at radius 3 is 2.90 bits per heavy atom. The fourth-order valence-corrected chi connectivity index (χ4v) is 3.13. The van der Waals surface area contributed by atoms with Crippen molar-refractivity contribution in [3.63, 3.8) is 0 Å². The van der Waals surface area contributed by atoms with E-state index in [9.17, 15) is 4.79 Å². The van der Waals surface area contributed by atoms with Crippen molar-refractivity contribution in [1.82, 2.24) is 10.3 Å². The van der Waals surface area contributed by atoms with E-state index in [1.165, 1.54) is 19.3 Å². The van der Waals surface area contributed by atoms with Crippen LogP contribution in [0, 0.1) is 12.8 Å². The highest BCUT2D eigenvalue weighted by molar-refractivity contribution is 5.99. The van der Waals surface area contributed by atoms with Gasteiger partial charge in [0.1, 0.15) is 0 Å². The summed E-state index contributed by atoms with van der Waals surface area (Å²) < 4.78 is 0. The van der Waals surface area contributed by atoms with Crippen LogP contribution in [0.3, 0.4) is 0 Å². The van der Waals surface area contributed by atoms with Crippen LogP contribution in [0.15, 0.2) is 12.3 Å². The fraction of sp³-hybridized carbons (Fsp3) is 0.647. The highest BCUT2D eigenvalue weighted by Crippen LogP contribution is 2.27. The molecule has 2 rings (SSSR count). The first-order chi connectivity index (χ1) is 10.1. The van der Waals surface area contributed by atoms with Crippen molar-refractivity contribution in [3.8, 4) is 0 Å². The standard InChI is InChI=1S/C17H27N3O/c1-4-13-7-6-8-14(10-13)20-17(21)15-11-19-12(3)9-16(15)18-5-2/h9,11,13-14H,4-8,10H2,1-3H3,(H,18,19)(H,20,21). The number of anilines is 1. The van der Waals surface area contributed by atoms with Gasteiger partial charge in [0, 0.05) is 24.5 Å². The van der Waals surface area contributed by atoms with Gasteiger partial charge in [-0.25, -0.2) is 0 Å². The van der Waals surface area contributed by atoms with Crippen molar-refractivity contribution in [2.75, 3.05) is 11.9 Å². The van der Waals surface area contributed by atoms with Crippen molar-refractivity contribution in [2.24, 2.45) is 5.92 Å². The van der Waals surface area contributed by atoms with Crippen LogP contribution in [0.5, 0.6) is 0 Å². The second-order valence-electron chi connectivity index (χ2n) is 6.01. The minimum Gasteiger partial charge on any atom is -0.385 e. The minimum atomic E-state index is 0.000188. The van der Waals surface area contributed by atoms with E-state index in [4.69, 9.17) is 0 Å². The third-order valence-corrected chi connectivity index (χ3v) is 4.35. The van der Waals surface area contributed by atoms with Gasteiger partial charge in [-0.15, -0.1) is 0 Å². The van der Waals surface area contributed by atoms with E-state index >= 15 is 0 Å². The normalized spacial score (nSPS) is 21.9. The Hall–Kier alpha value is -1.58. The number of nitrogens with zero attached hydrogens (tertiary/aromatic N) is 1. The van der Waals surface area contributed by atoms with Crippen LogP contribution in [-0.2, 0) is 0 Å². The largest absolute Gasteiger partial charge is 0.385 e. The maximum absolute atomic E-state index is 12.5. The zero-order valence-electron chi connectivity index (χ0n) is 13.4. The molecule has 116 valence electrons. The molecule has 1 heterocycles. The van der Waals surface area contributed by atoms with Crippen LogP contribution < -0.4 is 10.6 Å². The van der Waals surface area contributed by atoms with Crippen LogP contribution in [0.1, 0.15) is 62.0 Å². The molecule has 21 heavy (non-hydrogen) atoms. The topological polar surface area (TPSA) is 54.0 Å². The minimum absolute atomic E-state index is 0.000188. The van der Waals surface area contributed by atoms with Crippen molar-refractivity contribution in [2.45, 2.75) is 58.9 Å². The Morgan fingerprint density at radius 2 is 2.19 bits per heavy atom. The second kappa shape index (κ2) is 7.43. The second-order valence-corrected chi connectivity index (χ2v) is 6.01. The summed E-state index contributed by atoms with van der Waals surface area (Å²) in [6, 6.07) is 2.25. The van der Waals surface area contributed by atoms with Gasteiger partial charge in [-0.2, -0.15) is 0 Å². The zero-order valence-corrected chi connectivity index (χ0v) is 13.4. The first-order valence-corrected chi connectivity index (χ1v) is 8.15. The van der Waals surface area contributed by atoms with E-state index in [1.807, 2.05) is 19.9 Å². The summed E-state index contributed by atoms with van der Waals surface area (Å²) in [7, 11) is 0. The Labute approximate surface area is 127 Å². The summed E-state index contributed by atoms with van der Waals surface area (Å²) in [6.07, 6.45) is 7.62. The van der Waals surface area contributed by atoms with Crippen molar-refractivity contribution in [3.05, 3.63) is 23.5 Å². The molecule has 1 aromatic heterocycles. The van der Waals surface area contributed by atoms with Crippen LogP contribution in [0.25, 0.3) is 0 Å². The average molecular weight is 289 g/mol. The number of pyridine rings is 1.